The predicted octanol–water partition coefficient (Wildman–Crippen LogP) is -3.06. The number of nitrogens with one attached hydrogen (secondary N) is 21. The average molecular weight is 1930 g/mol. The molecule has 2 aromatic carbocycles. The number of para-hydroxylation sites is 1. The van der Waals surface area contributed by atoms with Crippen molar-refractivity contribution in [3.8, 4) is 0 Å². The van der Waals surface area contributed by atoms with Crippen molar-refractivity contribution >= 4 is 117 Å². The Bertz CT molecular complexity index is 4340. The number of aromatic nitrogens is 1. The van der Waals surface area contributed by atoms with Crippen LogP contribution in [0.4, 0.5) is 0 Å². The van der Waals surface area contributed by atoms with E-state index in [0.29, 0.717) is 69.0 Å². The molecule has 0 radical (unpaired) electrons. The quantitative estimate of drug-likeness (QED) is 0.0152. The van der Waals surface area contributed by atoms with E-state index in [-0.39, 0.29) is 159 Å². The summed E-state index contributed by atoms with van der Waals surface area (Å²) in [4.78, 5) is 219. The maximum Gasteiger partial charge on any atom is 0.243 e. The molecule has 0 aliphatic carbocycles. The first-order valence-corrected chi connectivity index (χ1v) is 47.8. The second-order valence-electron chi connectivity index (χ2n) is 36.6. The number of hydrogen-bond acceptors (Lipinski definition) is 23. The van der Waals surface area contributed by atoms with Gasteiger partial charge in [-0.2, -0.15) is 0 Å². The van der Waals surface area contributed by atoms with Crippen LogP contribution in [0.15, 0.2) is 60.8 Å². The third-order valence-electron chi connectivity index (χ3n) is 22.5. The molecule has 3 aromatic rings. The average Bonchev–Trinajstić information content (AvgIpc) is 1.62. The maximum atomic E-state index is 15.1. The summed E-state index contributed by atoms with van der Waals surface area (Å²) in [7, 11) is 0. The van der Waals surface area contributed by atoms with E-state index in [9.17, 15) is 62.3 Å². The van der Waals surface area contributed by atoms with Crippen molar-refractivity contribution in [2.75, 3.05) is 52.4 Å². The van der Waals surface area contributed by atoms with Crippen molar-refractivity contribution in [3.05, 3.63) is 71.9 Å². The van der Waals surface area contributed by atoms with Gasteiger partial charge < -0.3 is 147 Å². The molecular weight excluding hydrogens is 1770 g/mol. The smallest absolute Gasteiger partial charge is 0.243 e. The third-order valence-corrected chi connectivity index (χ3v) is 22.5. The Balaban J connectivity index is 2.00. The number of H-pyrrole nitrogens is 1. The number of primary amides is 1. The van der Waals surface area contributed by atoms with E-state index in [2.05, 4.69) is 95.4 Å². The van der Waals surface area contributed by atoms with E-state index in [1.54, 1.807) is 78.1 Å². The predicted molar refractivity (Wildman–Crippen MR) is 525 cm³/mol. The number of aromatic amines is 1. The number of amides is 15. The second kappa shape index (κ2) is 64.6. The minimum atomic E-state index is -1.47. The van der Waals surface area contributed by atoms with Crippen LogP contribution in [0, 0.1) is 45.8 Å². The molecular formula is C92H160N30O15. The zero-order chi connectivity index (χ0) is 102. The van der Waals surface area contributed by atoms with Crippen molar-refractivity contribution in [2.24, 2.45) is 81.2 Å². The van der Waals surface area contributed by atoms with Crippen molar-refractivity contribution in [3.63, 3.8) is 0 Å². The lowest BCUT2D eigenvalue weighted by molar-refractivity contribution is -0.136. The van der Waals surface area contributed by atoms with Crippen LogP contribution in [0.1, 0.15) is 215 Å². The second-order valence-corrected chi connectivity index (χ2v) is 36.6. The summed E-state index contributed by atoms with van der Waals surface area (Å²) < 4.78 is 0. The maximum absolute atomic E-state index is 15.1. The number of fused-ring (bicyclic) bond motifs is 1. The SMILES string of the molecule is CC(C)C[C@H](NC(=O)[C@@H](NC(=O)[C@H](CCCCN)NC(=O)[C@H](CCCNC(=N)N)NC(=O)[C@@H](NC(=O)[C@H](CCCNC(=N)N)NC(=O)CNC(=O)[C@H](CCCNC(=N)N)NC(=O)[C@H](CC(C)C)NC(=O)[C@H](CCCCN)NC(=O)[C@H](Cc1ccccc1)NC(=O)[C@H](CC(C)C)NC(=O)[C@H](CCCCN)NC(=O)[C@H](Cc1c[nH]c2ccccc12)NC(=O)[C@@H](N)CCCCN)C(C)C)C(C)C)C(N)=O. The lowest BCUT2D eigenvalue weighted by Gasteiger charge is -2.29. The Kier molecular flexibility index (Phi) is 56.0. The Morgan fingerprint density at radius 2 is 0.620 bits per heavy atom. The molecule has 14 atom stereocenters. The Morgan fingerprint density at radius 1 is 0.314 bits per heavy atom. The van der Waals surface area contributed by atoms with Crippen LogP contribution in [0.5, 0.6) is 0 Å². The Morgan fingerprint density at radius 3 is 1.01 bits per heavy atom. The standard InChI is InChI=1S/C92H160N30O15/c1-52(2)45-68(76(98)124)116-89(137)75(56(9)10)122-83(131)66(34-19-23-41-96)112-79(127)67(37-26-44-107-92(103)104)115-88(136)74(55(7)8)121-82(130)63(36-25-43-106-91(101)102)110-73(123)51-109-78(126)62(35-24-42-105-90(99)100)111-84(132)69(46-53(3)4)118-80(128)64(32-17-21-39-94)113-86(134)71(48-57-27-12-11-13-28-57)120-85(133)70(47-54(5)6)119-81(129)65(33-18-22-40-95)114-87(135)72(117-77(125)60(97)30-16-20-38-93)49-58-50-108-61-31-15-14-29-59(58)61/h11-15,27-29,31,50,52-56,60,62-72,74-75,108H,16-26,30,32-49,51,93-97H2,1-10H3,(H2,98,124)(H,109,126)(H,110,123)(H,111,132)(H,112,127)(H,113,134)(H,114,135)(H,115,136)(H,116,137)(H,117,125)(H,118,128)(H,119,129)(H,120,133)(H,121,130)(H,122,131)(H4,99,100,105)(H4,101,102,106)(H4,103,104,107)/t60-,62-,63-,64-,65-,66-,67-,68-,69-,70-,71-,72-,74-,75-/m0/s1. The highest BCUT2D eigenvalue weighted by molar-refractivity contribution is 6.01. The lowest BCUT2D eigenvalue weighted by Crippen LogP contribution is -2.61. The monoisotopic (exact) mass is 1930 g/mol. The van der Waals surface area contributed by atoms with Crippen LogP contribution in [-0.4, -0.2) is 248 Å². The van der Waals surface area contributed by atoms with Crippen LogP contribution >= 0.6 is 0 Å². The zero-order valence-corrected chi connectivity index (χ0v) is 81.5. The fraction of sp³-hybridized carbons (Fsp3) is 0.652. The van der Waals surface area contributed by atoms with Gasteiger partial charge in [0, 0.05) is 49.6 Å². The van der Waals surface area contributed by atoms with Gasteiger partial charge in [-0.15, -0.1) is 0 Å². The normalized spacial score (nSPS) is 14.4. The first-order valence-electron chi connectivity index (χ1n) is 47.8. The van der Waals surface area contributed by atoms with Gasteiger partial charge in [0.05, 0.1) is 12.6 Å². The molecule has 768 valence electrons. The van der Waals surface area contributed by atoms with Crippen molar-refractivity contribution in [2.45, 2.75) is 302 Å². The van der Waals surface area contributed by atoms with Crippen LogP contribution in [0.3, 0.4) is 0 Å². The first kappa shape index (κ1) is 119. The van der Waals surface area contributed by atoms with Gasteiger partial charge in [0.2, 0.25) is 88.6 Å². The van der Waals surface area contributed by atoms with Crippen LogP contribution in [0.25, 0.3) is 10.9 Å². The molecule has 45 nitrogen and oxygen atoms in total. The molecule has 0 fully saturated rings. The largest absolute Gasteiger partial charge is 0.370 e. The van der Waals surface area contributed by atoms with Gasteiger partial charge >= 0.3 is 0 Å². The molecule has 39 N–H and O–H groups in total. The van der Waals surface area contributed by atoms with Gasteiger partial charge in [-0.25, -0.2) is 0 Å². The molecule has 1 heterocycles. The van der Waals surface area contributed by atoms with Crippen molar-refractivity contribution in [1.29, 1.82) is 16.2 Å². The number of benzene rings is 2. The topological polar surface area (TPSA) is 782 Å². The van der Waals surface area contributed by atoms with Gasteiger partial charge in [-0.1, -0.05) is 124 Å². The molecule has 15 amide bonds. The highest BCUT2D eigenvalue weighted by atomic mass is 16.2. The molecule has 1 aromatic heterocycles. The van der Waals surface area contributed by atoms with Crippen LogP contribution < -0.4 is 142 Å². The summed E-state index contributed by atoms with van der Waals surface area (Å²) in [5, 5.41) is 70.1. The van der Waals surface area contributed by atoms with Crippen LogP contribution in [-0.2, 0) is 84.8 Å². The van der Waals surface area contributed by atoms with E-state index in [0.717, 1.165) is 10.9 Å². The number of unbranched alkanes of at least 4 members (excludes halogenated alkanes) is 4. The highest BCUT2D eigenvalue weighted by Gasteiger charge is 2.39. The van der Waals surface area contributed by atoms with Gasteiger partial charge in [0.1, 0.15) is 78.5 Å². The molecule has 0 spiro atoms. The lowest BCUT2D eigenvalue weighted by atomic mass is 9.99. The van der Waals surface area contributed by atoms with E-state index in [1.807, 2.05) is 52.0 Å². The fourth-order valence-corrected chi connectivity index (χ4v) is 15.1. The summed E-state index contributed by atoms with van der Waals surface area (Å²) in [6.45, 7) is 17.8. The molecule has 0 aliphatic heterocycles. The van der Waals surface area contributed by atoms with Crippen LogP contribution in [0.2, 0.25) is 0 Å². The molecule has 0 aliphatic rings. The summed E-state index contributed by atoms with van der Waals surface area (Å²) in [6, 6.07) is -2.31. The highest BCUT2D eigenvalue weighted by Crippen LogP contribution is 2.22. The number of rotatable bonds is 69. The minimum absolute atomic E-state index is 0.0000531. The number of nitrogens with two attached hydrogens (primary N) is 9. The Labute approximate surface area is 804 Å². The summed E-state index contributed by atoms with van der Waals surface area (Å²) in [6.07, 6.45) is 5.48. The molecule has 0 bridgehead atoms. The summed E-state index contributed by atoms with van der Waals surface area (Å²) in [5.41, 5.74) is 54.2. The Hall–Kier alpha value is -12.4. The zero-order valence-electron chi connectivity index (χ0n) is 81.5. The number of guanidine groups is 3. The first-order chi connectivity index (χ1) is 64.9. The van der Waals surface area contributed by atoms with Gasteiger partial charge in [0.25, 0.3) is 0 Å². The molecule has 3 rings (SSSR count). The van der Waals surface area contributed by atoms with E-state index in [4.69, 9.17) is 67.8 Å². The van der Waals surface area contributed by atoms with Gasteiger partial charge in [-0.05, 0) is 201 Å². The van der Waals surface area contributed by atoms with E-state index in [1.165, 1.54) is 0 Å². The third kappa shape index (κ3) is 46.8. The van der Waals surface area contributed by atoms with Gasteiger partial charge in [0.15, 0.2) is 17.9 Å². The minimum Gasteiger partial charge on any atom is -0.370 e. The number of carbonyl (C=O) groups excluding carboxylic acids is 15. The fourth-order valence-electron chi connectivity index (χ4n) is 15.1. The molecule has 0 unspecified atom stereocenters. The van der Waals surface area contributed by atoms with E-state index < -0.39 is 203 Å². The van der Waals surface area contributed by atoms with Gasteiger partial charge in [-0.3, -0.25) is 88.1 Å². The molecule has 0 saturated heterocycles. The molecule has 137 heavy (non-hydrogen) atoms. The number of hydrogen-bond donors (Lipinski definition) is 30. The number of carbonyl (C=O) groups is 15. The van der Waals surface area contributed by atoms with Crippen molar-refractivity contribution in [1.82, 2.24) is 95.4 Å². The summed E-state index contributed by atoms with van der Waals surface area (Å²) in [5.74, 6) is -15.2. The molecule has 0 saturated carbocycles. The molecule has 45 heteroatoms. The summed E-state index contributed by atoms with van der Waals surface area (Å²) >= 11 is 0. The van der Waals surface area contributed by atoms with Crippen molar-refractivity contribution < 1.29 is 71.9 Å². The van der Waals surface area contributed by atoms with E-state index >= 15 is 9.59 Å².